The van der Waals surface area contributed by atoms with Crippen LogP contribution in [0.5, 0.6) is 0 Å². The van der Waals surface area contributed by atoms with Gasteiger partial charge in [0, 0.05) is 12.2 Å². The number of aryl methyl sites for hydroxylation is 1. The van der Waals surface area contributed by atoms with Crippen LogP contribution in [0.2, 0.25) is 0 Å². The molecule has 1 aliphatic heterocycles. The van der Waals surface area contributed by atoms with Gasteiger partial charge < -0.3 is 0 Å². The molecule has 7 nitrogen and oxygen atoms in total. The van der Waals surface area contributed by atoms with Gasteiger partial charge in [0.15, 0.2) is 0 Å². The van der Waals surface area contributed by atoms with Gasteiger partial charge in [0.2, 0.25) is 10.0 Å². The van der Waals surface area contributed by atoms with Crippen molar-refractivity contribution in [1.82, 2.24) is 19.9 Å². The molecule has 1 fully saturated rings. The first kappa shape index (κ1) is 21.2. The summed E-state index contributed by atoms with van der Waals surface area (Å²) in [4.78, 5) is 2.44. The third-order valence-electron chi connectivity index (χ3n) is 6.61. The van der Waals surface area contributed by atoms with Crippen molar-refractivity contribution in [2.24, 2.45) is 0 Å². The summed E-state index contributed by atoms with van der Waals surface area (Å²) in [5, 5.41) is 8.90. The molecule has 0 amide bonds. The zero-order valence-corrected chi connectivity index (χ0v) is 19.1. The summed E-state index contributed by atoms with van der Waals surface area (Å²) < 4.78 is 27.7. The van der Waals surface area contributed by atoms with Crippen molar-refractivity contribution in [2.75, 3.05) is 24.1 Å². The number of nitrogens with one attached hydrogen (secondary N) is 1. The number of nitrogens with zero attached hydrogens (tertiary/aromatic N) is 4. The summed E-state index contributed by atoms with van der Waals surface area (Å²) in [7, 11) is -3.26. The van der Waals surface area contributed by atoms with Crippen LogP contribution in [0.15, 0.2) is 54.7 Å². The van der Waals surface area contributed by atoms with Crippen LogP contribution in [-0.4, -0.2) is 47.7 Å². The third kappa shape index (κ3) is 4.71. The molecule has 2 heterocycles. The molecule has 1 aromatic heterocycles. The van der Waals surface area contributed by atoms with Crippen molar-refractivity contribution in [3.8, 4) is 0 Å². The lowest BCUT2D eigenvalue weighted by molar-refractivity contribution is 0.202. The molecule has 32 heavy (non-hydrogen) atoms. The van der Waals surface area contributed by atoms with E-state index >= 15 is 0 Å². The second-order valence-electron chi connectivity index (χ2n) is 8.99. The molecule has 168 valence electrons. The maximum absolute atomic E-state index is 11.5. The van der Waals surface area contributed by atoms with Gasteiger partial charge in [0.1, 0.15) is 0 Å². The van der Waals surface area contributed by atoms with Crippen molar-refractivity contribution in [2.45, 2.75) is 44.2 Å². The molecular formula is C24H29N5O2S. The van der Waals surface area contributed by atoms with E-state index in [4.69, 9.17) is 0 Å². The highest BCUT2D eigenvalue weighted by molar-refractivity contribution is 7.92. The summed E-state index contributed by atoms with van der Waals surface area (Å²) in [5.74, 6) is 0.443. The zero-order chi connectivity index (χ0) is 22.1. The van der Waals surface area contributed by atoms with E-state index in [9.17, 15) is 8.42 Å². The Hall–Kier alpha value is -2.71. The van der Waals surface area contributed by atoms with Crippen molar-refractivity contribution in [3.05, 3.63) is 77.1 Å². The molecule has 2 aromatic carbocycles. The van der Waals surface area contributed by atoms with E-state index in [1.165, 1.54) is 22.9 Å². The van der Waals surface area contributed by atoms with Gasteiger partial charge in [-0.15, -0.1) is 5.10 Å². The number of piperidine rings is 1. The highest BCUT2D eigenvalue weighted by atomic mass is 32.2. The maximum Gasteiger partial charge on any atom is 0.229 e. The van der Waals surface area contributed by atoms with Gasteiger partial charge in [0.05, 0.1) is 24.2 Å². The fraction of sp³-hybridized carbons (Fsp3) is 0.417. The SMILES string of the molecule is CS(=O)(=O)Nc1cccc(C2CCN(Cc3cn(C4CCc5ccccc54)nn3)CC2)c1. The molecule has 1 saturated heterocycles. The number of sulfonamides is 1. The Morgan fingerprint density at radius 3 is 2.69 bits per heavy atom. The Balaban J connectivity index is 1.18. The fourth-order valence-corrected chi connectivity index (χ4v) is 5.63. The van der Waals surface area contributed by atoms with Gasteiger partial charge in [0.25, 0.3) is 0 Å². The van der Waals surface area contributed by atoms with Crippen molar-refractivity contribution >= 4 is 15.7 Å². The lowest BCUT2D eigenvalue weighted by Gasteiger charge is -2.31. The Kier molecular flexibility index (Phi) is 5.73. The van der Waals surface area contributed by atoms with E-state index < -0.39 is 10.0 Å². The topological polar surface area (TPSA) is 80.1 Å². The summed E-state index contributed by atoms with van der Waals surface area (Å²) in [6.07, 6.45) is 7.57. The zero-order valence-electron chi connectivity index (χ0n) is 18.3. The second kappa shape index (κ2) is 8.67. The predicted octanol–water partition coefficient (Wildman–Crippen LogP) is 3.56. The van der Waals surface area contributed by atoms with Crippen LogP contribution in [-0.2, 0) is 23.0 Å². The largest absolute Gasteiger partial charge is 0.297 e. The molecular weight excluding hydrogens is 422 g/mol. The fourth-order valence-electron chi connectivity index (χ4n) is 5.07. The van der Waals surface area contributed by atoms with E-state index in [1.54, 1.807) is 6.07 Å². The standard InChI is InChI=1S/C24H29N5O2S/c1-32(30,31)26-21-7-4-6-20(15-21)18-11-13-28(14-12-18)16-22-17-29(27-25-22)24-10-9-19-5-2-3-8-23(19)24/h2-8,15,17-18,24,26H,9-14,16H2,1H3. The van der Waals surface area contributed by atoms with Crippen LogP contribution in [0.1, 0.15) is 53.6 Å². The van der Waals surface area contributed by atoms with E-state index in [2.05, 4.69) is 56.5 Å². The molecule has 1 atom stereocenters. The van der Waals surface area contributed by atoms with Crippen LogP contribution in [0.4, 0.5) is 5.69 Å². The van der Waals surface area contributed by atoms with Crippen LogP contribution in [0.25, 0.3) is 0 Å². The number of likely N-dealkylation sites (tertiary alicyclic amines) is 1. The van der Waals surface area contributed by atoms with Crippen LogP contribution >= 0.6 is 0 Å². The smallest absolute Gasteiger partial charge is 0.229 e. The predicted molar refractivity (Wildman–Crippen MR) is 125 cm³/mol. The van der Waals surface area contributed by atoms with Crippen LogP contribution in [0.3, 0.4) is 0 Å². The number of hydrogen-bond donors (Lipinski definition) is 1. The normalized spacial score (nSPS) is 19.7. The number of rotatable bonds is 6. The van der Waals surface area contributed by atoms with Crippen molar-refractivity contribution < 1.29 is 8.42 Å². The first-order valence-corrected chi connectivity index (χ1v) is 13.1. The summed E-state index contributed by atoms with van der Waals surface area (Å²) in [6, 6.07) is 16.7. The van der Waals surface area contributed by atoms with Gasteiger partial charge in [-0.25, -0.2) is 13.1 Å². The maximum atomic E-state index is 11.5. The molecule has 1 aliphatic carbocycles. The highest BCUT2D eigenvalue weighted by Crippen LogP contribution is 2.34. The summed E-state index contributed by atoms with van der Waals surface area (Å²) >= 11 is 0. The molecule has 0 radical (unpaired) electrons. The molecule has 1 N–H and O–H groups in total. The first-order chi connectivity index (χ1) is 15.4. The molecule has 2 aliphatic rings. The molecule has 8 heteroatoms. The average molecular weight is 452 g/mol. The first-order valence-electron chi connectivity index (χ1n) is 11.2. The Labute approximate surface area is 189 Å². The van der Waals surface area contributed by atoms with Crippen molar-refractivity contribution in [1.29, 1.82) is 0 Å². The number of aromatic nitrogens is 3. The van der Waals surface area contributed by atoms with E-state index in [1.807, 2.05) is 16.8 Å². The van der Waals surface area contributed by atoms with Gasteiger partial charge in [-0.05, 0) is 73.5 Å². The van der Waals surface area contributed by atoms with Gasteiger partial charge in [-0.2, -0.15) is 0 Å². The van der Waals surface area contributed by atoms with Gasteiger partial charge >= 0.3 is 0 Å². The number of hydrogen-bond acceptors (Lipinski definition) is 5. The quantitative estimate of drug-likeness (QED) is 0.620. The van der Waals surface area contributed by atoms with Gasteiger partial charge in [-0.3, -0.25) is 9.62 Å². The molecule has 0 bridgehead atoms. The minimum Gasteiger partial charge on any atom is -0.297 e. The molecule has 5 rings (SSSR count). The number of anilines is 1. The number of benzene rings is 2. The van der Waals surface area contributed by atoms with Gasteiger partial charge in [-0.1, -0.05) is 41.6 Å². The monoisotopic (exact) mass is 451 g/mol. The van der Waals surface area contributed by atoms with Crippen molar-refractivity contribution in [3.63, 3.8) is 0 Å². The van der Waals surface area contributed by atoms with Crippen LogP contribution in [0, 0.1) is 0 Å². The van der Waals surface area contributed by atoms with E-state index in [-0.39, 0.29) is 0 Å². The molecule has 3 aromatic rings. The highest BCUT2D eigenvalue weighted by Gasteiger charge is 2.26. The third-order valence-corrected chi connectivity index (χ3v) is 7.22. The Morgan fingerprint density at radius 2 is 1.88 bits per heavy atom. The molecule has 1 unspecified atom stereocenters. The molecule has 0 spiro atoms. The average Bonchev–Trinajstić information content (AvgIpc) is 3.40. The Bertz CT molecular complexity index is 1200. The lowest BCUT2D eigenvalue weighted by Crippen LogP contribution is -2.32. The van der Waals surface area contributed by atoms with E-state index in [0.717, 1.165) is 51.0 Å². The summed E-state index contributed by atoms with van der Waals surface area (Å²) in [5.41, 5.74) is 5.65. The van der Waals surface area contributed by atoms with E-state index in [0.29, 0.717) is 17.6 Å². The molecule has 0 saturated carbocycles. The number of fused-ring (bicyclic) bond motifs is 1. The Morgan fingerprint density at radius 1 is 1.06 bits per heavy atom. The second-order valence-corrected chi connectivity index (χ2v) is 10.7. The lowest BCUT2D eigenvalue weighted by atomic mass is 9.89. The minimum atomic E-state index is -3.26. The summed E-state index contributed by atoms with van der Waals surface area (Å²) in [6.45, 7) is 2.80. The minimum absolute atomic E-state index is 0.297. The van der Waals surface area contributed by atoms with Crippen LogP contribution < -0.4 is 4.72 Å².